The molecular weight excluding hydrogens is 348 g/mol. The molecular formula is C20H18N2O3S. The van der Waals surface area contributed by atoms with Gasteiger partial charge in [-0.2, -0.15) is 0 Å². The topological polar surface area (TPSA) is 51.7 Å². The third-order valence-electron chi connectivity index (χ3n) is 4.32. The Labute approximate surface area is 155 Å². The molecule has 0 atom stereocenters. The van der Waals surface area contributed by atoms with Gasteiger partial charge in [-0.25, -0.2) is 0 Å². The van der Waals surface area contributed by atoms with Crippen LogP contribution in [-0.4, -0.2) is 36.1 Å². The number of pyridine rings is 1. The minimum atomic E-state index is -0.0463. The number of fused-ring (bicyclic) bond motifs is 1. The first kappa shape index (κ1) is 16.6. The van der Waals surface area contributed by atoms with Crippen LogP contribution in [0.5, 0.6) is 11.5 Å². The maximum atomic E-state index is 12.8. The summed E-state index contributed by atoms with van der Waals surface area (Å²) < 4.78 is 11.5. The van der Waals surface area contributed by atoms with Gasteiger partial charge in [0.2, 0.25) is 0 Å². The van der Waals surface area contributed by atoms with Crippen LogP contribution >= 0.6 is 11.3 Å². The van der Waals surface area contributed by atoms with Crippen molar-refractivity contribution in [2.24, 2.45) is 0 Å². The van der Waals surface area contributed by atoms with Crippen LogP contribution in [0.4, 0.5) is 0 Å². The number of ether oxygens (including phenoxy) is 2. The van der Waals surface area contributed by atoms with Crippen molar-refractivity contribution in [3.05, 3.63) is 65.3 Å². The fourth-order valence-electron chi connectivity index (χ4n) is 3.07. The second kappa shape index (κ2) is 7.17. The molecule has 1 amide bonds. The van der Waals surface area contributed by atoms with Gasteiger partial charge in [0.1, 0.15) is 6.61 Å². The summed E-state index contributed by atoms with van der Waals surface area (Å²) in [4.78, 5) is 19.8. The van der Waals surface area contributed by atoms with Gasteiger partial charge in [-0.1, -0.05) is 6.07 Å². The van der Waals surface area contributed by atoms with Crippen molar-refractivity contribution >= 4 is 17.2 Å². The first-order chi connectivity index (χ1) is 12.8. The summed E-state index contributed by atoms with van der Waals surface area (Å²) in [5.41, 5.74) is 2.59. The summed E-state index contributed by atoms with van der Waals surface area (Å²) in [5.74, 6) is 1.37. The predicted molar refractivity (Wildman–Crippen MR) is 101 cm³/mol. The van der Waals surface area contributed by atoms with Crippen LogP contribution in [0.2, 0.25) is 0 Å². The van der Waals surface area contributed by atoms with Gasteiger partial charge in [-0.15, -0.1) is 11.3 Å². The summed E-state index contributed by atoms with van der Waals surface area (Å²) in [6.07, 6.45) is 3.26. The Kier molecular flexibility index (Phi) is 4.58. The fourth-order valence-corrected chi connectivity index (χ4v) is 3.78. The Hall–Kier alpha value is -2.86. The largest absolute Gasteiger partial charge is 0.493 e. The number of thiophene rings is 1. The number of nitrogens with zero attached hydrogens (tertiary/aromatic N) is 2. The molecule has 1 aromatic carbocycles. The van der Waals surface area contributed by atoms with Crippen molar-refractivity contribution in [2.45, 2.75) is 6.54 Å². The Morgan fingerprint density at radius 3 is 2.96 bits per heavy atom. The zero-order chi connectivity index (χ0) is 17.9. The zero-order valence-electron chi connectivity index (χ0n) is 14.3. The van der Waals surface area contributed by atoms with Gasteiger partial charge in [0, 0.05) is 29.4 Å². The van der Waals surface area contributed by atoms with E-state index in [9.17, 15) is 4.79 Å². The third kappa shape index (κ3) is 3.15. The number of hydrogen-bond donors (Lipinski definition) is 0. The monoisotopic (exact) mass is 366 g/mol. The maximum Gasteiger partial charge on any atom is 0.255 e. The van der Waals surface area contributed by atoms with Gasteiger partial charge in [0.05, 0.1) is 19.2 Å². The Morgan fingerprint density at radius 1 is 1.31 bits per heavy atom. The number of amides is 1. The second-order valence-corrected chi connectivity index (χ2v) is 6.91. The van der Waals surface area contributed by atoms with Gasteiger partial charge in [-0.3, -0.25) is 9.78 Å². The molecule has 0 fully saturated rings. The van der Waals surface area contributed by atoms with Gasteiger partial charge in [-0.05, 0) is 41.3 Å². The highest BCUT2D eigenvalue weighted by atomic mass is 32.1. The summed E-state index contributed by atoms with van der Waals surface area (Å²) in [6, 6.07) is 11.7. The van der Waals surface area contributed by atoms with Crippen LogP contribution in [0, 0.1) is 0 Å². The lowest BCUT2D eigenvalue weighted by Crippen LogP contribution is -2.32. The van der Waals surface area contributed by atoms with Crippen molar-refractivity contribution in [1.29, 1.82) is 0 Å². The van der Waals surface area contributed by atoms with E-state index in [1.165, 1.54) is 0 Å². The van der Waals surface area contributed by atoms with E-state index in [0.29, 0.717) is 36.8 Å². The highest BCUT2D eigenvalue weighted by Gasteiger charge is 2.24. The van der Waals surface area contributed by atoms with E-state index in [1.54, 1.807) is 47.9 Å². The van der Waals surface area contributed by atoms with Gasteiger partial charge in [0.25, 0.3) is 5.91 Å². The van der Waals surface area contributed by atoms with Crippen LogP contribution in [0.25, 0.3) is 10.4 Å². The number of carbonyl (C=O) groups is 1. The van der Waals surface area contributed by atoms with Crippen LogP contribution < -0.4 is 9.47 Å². The van der Waals surface area contributed by atoms with Crippen molar-refractivity contribution in [3.8, 4) is 21.9 Å². The molecule has 0 bridgehead atoms. The number of methoxy groups -OCH3 is 1. The van der Waals surface area contributed by atoms with E-state index >= 15 is 0 Å². The molecule has 0 unspecified atom stereocenters. The number of carbonyl (C=O) groups excluding carboxylic acids is 1. The molecule has 0 aliphatic carbocycles. The lowest BCUT2D eigenvalue weighted by Gasteiger charge is -2.20. The molecule has 0 N–H and O–H groups in total. The van der Waals surface area contributed by atoms with Crippen molar-refractivity contribution < 1.29 is 14.3 Å². The van der Waals surface area contributed by atoms with Crippen LogP contribution in [0.15, 0.2) is 54.2 Å². The number of benzene rings is 1. The lowest BCUT2D eigenvalue weighted by molar-refractivity contribution is 0.0732. The molecule has 1 aliphatic heterocycles. The molecule has 0 spiro atoms. The highest BCUT2D eigenvalue weighted by molar-refractivity contribution is 7.13. The summed E-state index contributed by atoms with van der Waals surface area (Å²) >= 11 is 1.67. The summed E-state index contributed by atoms with van der Waals surface area (Å²) in [5, 5.41) is 2.04. The minimum absolute atomic E-state index is 0.0463. The van der Waals surface area contributed by atoms with E-state index in [1.807, 2.05) is 17.5 Å². The standard InChI is InChI=1S/C20H18N2O3S/c1-24-17-11-15(18-5-3-9-26-18)10-16-13-22(7-8-25-19(16)17)20(23)14-4-2-6-21-12-14/h2-6,9-12H,7-8,13H2,1H3. The minimum Gasteiger partial charge on any atom is -0.493 e. The zero-order valence-corrected chi connectivity index (χ0v) is 15.2. The number of rotatable bonds is 3. The van der Waals surface area contributed by atoms with Crippen molar-refractivity contribution in [3.63, 3.8) is 0 Å². The molecule has 3 heterocycles. The first-order valence-corrected chi connectivity index (χ1v) is 9.21. The van der Waals surface area contributed by atoms with E-state index < -0.39 is 0 Å². The normalized spacial score (nSPS) is 13.5. The average Bonchev–Trinajstić information content (AvgIpc) is 3.14. The van der Waals surface area contributed by atoms with Gasteiger partial charge < -0.3 is 14.4 Å². The van der Waals surface area contributed by atoms with Crippen molar-refractivity contribution in [2.75, 3.05) is 20.3 Å². The van der Waals surface area contributed by atoms with Crippen LogP contribution in [0.1, 0.15) is 15.9 Å². The first-order valence-electron chi connectivity index (χ1n) is 8.33. The molecule has 1 aliphatic rings. The summed E-state index contributed by atoms with van der Waals surface area (Å²) in [6.45, 7) is 1.41. The molecule has 0 saturated heterocycles. The Bertz CT molecular complexity index is 910. The van der Waals surface area contributed by atoms with Gasteiger partial charge >= 0.3 is 0 Å². The molecule has 6 heteroatoms. The molecule has 3 aromatic rings. The smallest absolute Gasteiger partial charge is 0.255 e. The van der Waals surface area contributed by atoms with E-state index in [4.69, 9.17) is 9.47 Å². The van der Waals surface area contributed by atoms with Crippen LogP contribution in [-0.2, 0) is 6.54 Å². The molecule has 5 nitrogen and oxygen atoms in total. The van der Waals surface area contributed by atoms with Gasteiger partial charge in [0.15, 0.2) is 11.5 Å². The van der Waals surface area contributed by atoms with Crippen LogP contribution in [0.3, 0.4) is 0 Å². The molecule has 26 heavy (non-hydrogen) atoms. The average molecular weight is 366 g/mol. The molecule has 132 valence electrons. The maximum absolute atomic E-state index is 12.8. The SMILES string of the molecule is COc1cc(-c2cccs2)cc2c1OCCN(C(=O)c1cccnc1)C2. The Morgan fingerprint density at radius 2 is 2.23 bits per heavy atom. The fraction of sp³-hybridized carbons (Fsp3) is 0.200. The van der Waals surface area contributed by atoms with E-state index in [2.05, 4.69) is 17.1 Å². The molecule has 4 rings (SSSR count). The highest BCUT2D eigenvalue weighted by Crippen LogP contribution is 2.39. The number of hydrogen-bond acceptors (Lipinski definition) is 5. The second-order valence-electron chi connectivity index (χ2n) is 5.96. The van der Waals surface area contributed by atoms with Crippen molar-refractivity contribution in [1.82, 2.24) is 9.88 Å². The predicted octanol–water partition coefficient (Wildman–Crippen LogP) is 3.85. The summed E-state index contributed by atoms with van der Waals surface area (Å²) in [7, 11) is 1.64. The lowest BCUT2D eigenvalue weighted by atomic mass is 10.1. The van der Waals surface area contributed by atoms with E-state index in [-0.39, 0.29) is 5.91 Å². The quantitative estimate of drug-likeness (QED) is 0.706. The van der Waals surface area contributed by atoms with E-state index in [0.717, 1.165) is 16.0 Å². The molecule has 0 radical (unpaired) electrons. The number of aromatic nitrogens is 1. The Balaban J connectivity index is 1.71. The molecule has 2 aromatic heterocycles. The third-order valence-corrected chi connectivity index (χ3v) is 5.24. The molecule has 0 saturated carbocycles.